The van der Waals surface area contributed by atoms with E-state index in [1.54, 1.807) is 24.3 Å². The topological polar surface area (TPSA) is 133 Å². The highest BCUT2D eigenvalue weighted by molar-refractivity contribution is 7.89. The summed E-state index contributed by atoms with van der Waals surface area (Å²) in [5, 5.41) is 8.18. The summed E-state index contributed by atoms with van der Waals surface area (Å²) in [6, 6.07) is 85.3. The van der Waals surface area contributed by atoms with Crippen molar-refractivity contribution < 1.29 is 26.4 Å². The van der Waals surface area contributed by atoms with Gasteiger partial charge in [-0.15, -0.1) is 0 Å². The highest BCUT2D eigenvalue weighted by atomic mass is 32.2. The van der Waals surface area contributed by atoms with Crippen molar-refractivity contribution in [3.05, 3.63) is 311 Å². The van der Waals surface area contributed by atoms with Gasteiger partial charge in [0.05, 0.1) is 9.79 Å². The lowest BCUT2D eigenvalue weighted by molar-refractivity contribution is -0.126. The average Bonchev–Trinajstić information content (AvgIpc) is 0.772. The molecule has 10 aromatic rings. The van der Waals surface area contributed by atoms with Crippen LogP contribution in [-0.2, 0) is 81.3 Å². The summed E-state index contributed by atoms with van der Waals surface area (Å²) in [6.45, 7) is 0.316. The second-order valence-corrected chi connectivity index (χ2v) is 28.1. The van der Waals surface area contributed by atoms with Crippen LogP contribution in [0, 0.1) is 0 Å². The number of aryl methyl sites for hydroxylation is 4. The van der Waals surface area contributed by atoms with Crippen LogP contribution in [0.1, 0.15) is 103 Å². The van der Waals surface area contributed by atoms with Crippen molar-refractivity contribution in [1.82, 2.24) is 19.2 Å². The van der Waals surface area contributed by atoms with Gasteiger partial charge in [-0.3, -0.25) is 9.59 Å². The van der Waals surface area contributed by atoms with Gasteiger partial charge < -0.3 is 10.6 Å². The molecule has 2 amide bonds. The van der Waals surface area contributed by atoms with Crippen LogP contribution in [0.25, 0.3) is 21.9 Å². The average molecular weight is 1280 g/mol. The van der Waals surface area contributed by atoms with Crippen molar-refractivity contribution in [3.63, 3.8) is 0 Å². The zero-order valence-electron chi connectivity index (χ0n) is 52.2. The van der Waals surface area contributed by atoms with E-state index < -0.39 is 32.1 Å². The monoisotopic (exact) mass is 1270 g/mol. The van der Waals surface area contributed by atoms with E-state index in [1.807, 2.05) is 146 Å². The number of sulfonamides is 2. The van der Waals surface area contributed by atoms with Crippen molar-refractivity contribution in [3.8, 4) is 11.1 Å². The van der Waals surface area contributed by atoms with Crippen LogP contribution >= 0.6 is 0 Å². The van der Waals surface area contributed by atoms with E-state index in [4.69, 9.17) is 0 Å². The Kier molecular flexibility index (Phi) is 23.6. The van der Waals surface area contributed by atoms with Crippen LogP contribution in [0.5, 0.6) is 0 Å². The van der Waals surface area contributed by atoms with Gasteiger partial charge in [-0.05, 0) is 169 Å². The first kappa shape index (κ1) is 67.1. The first-order valence-electron chi connectivity index (χ1n) is 32.5. The Bertz CT molecular complexity index is 4140. The minimum Gasteiger partial charge on any atom is -0.352 e. The van der Waals surface area contributed by atoms with Crippen LogP contribution < -0.4 is 10.6 Å². The number of nitrogens with zero attached hydrogens (tertiary/aromatic N) is 2. The Morgan fingerprint density at radius 3 is 1.12 bits per heavy atom. The van der Waals surface area contributed by atoms with Crippen molar-refractivity contribution in [1.29, 1.82) is 0 Å². The second kappa shape index (κ2) is 32.7. The molecule has 10 aromatic carbocycles. The van der Waals surface area contributed by atoms with Gasteiger partial charge in [0.25, 0.3) is 0 Å². The molecule has 478 valence electrons. The molecule has 0 saturated heterocycles. The van der Waals surface area contributed by atoms with E-state index in [0.717, 1.165) is 116 Å². The molecule has 0 aliphatic carbocycles. The number of hydrogen-bond acceptors (Lipinski definition) is 6. The Labute approximate surface area is 551 Å². The molecule has 0 bridgehead atoms. The molecule has 12 heteroatoms. The smallest absolute Gasteiger partial charge is 0.244 e. The van der Waals surface area contributed by atoms with Gasteiger partial charge in [0.15, 0.2) is 0 Å². The number of carbonyl (C=O) groups is 2. The van der Waals surface area contributed by atoms with Crippen LogP contribution in [-0.4, -0.2) is 61.4 Å². The second-order valence-electron chi connectivity index (χ2n) is 24.4. The molecule has 0 spiro atoms. The molecule has 0 aromatic heterocycles. The van der Waals surface area contributed by atoms with Crippen LogP contribution in [0.2, 0.25) is 0 Å². The lowest BCUT2D eigenvalue weighted by Gasteiger charge is -2.36. The summed E-state index contributed by atoms with van der Waals surface area (Å²) in [7, 11) is -7.96. The number of hydrogen-bond donors (Lipinski definition) is 2. The first-order valence-corrected chi connectivity index (χ1v) is 35.4. The molecule has 0 saturated carbocycles. The molecule has 93 heavy (non-hydrogen) atoms. The quantitative estimate of drug-likeness (QED) is 0.0586. The van der Waals surface area contributed by atoms with Gasteiger partial charge in [-0.1, -0.05) is 256 Å². The molecule has 0 radical (unpaired) electrons. The highest BCUT2D eigenvalue weighted by Gasteiger charge is 2.42. The highest BCUT2D eigenvalue weighted by Crippen LogP contribution is 2.34. The molecule has 2 unspecified atom stereocenters. The maximum atomic E-state index is 14.4. The Morgan fingerprint density at radius 2 is 0.699 bits per heavy atom. The van der Waals surface area contributed by atoms with Crippen LogP contribution in [0.3, 0.4) is 0 Å². The fraction of sp³-hybridized carbons (Fsp3) is 0.259. The molecule has 2 heterocycles. The minimum absolute atomic E-state index is 0. The number of benzene rings is 10. The lowest BCUT2D eigenvalue weighted by Crippen LogP contribution is -2.54. The first-order chi connectivity index (χ1) is 45.0. The summed E-state index contributed by atoms with van der Waals surface area (Å²) < 4.78 is 60.2. The summed E-state index contributed by atoms with van der Waals surface area (Å²) >= 11 is 0. The number of amides is 2. The Morgan fingerprint density at radius 1 is 0.366 bits per heavy atom. The maximum absolute atomic E-state index is 14.4. The van der Waals surface area contributed by atoms with E-state index >= 15 is 0 Å². The molecule has 10 nitrogen and oxygen atoms in total. The van der Waals surface area contributed by atoms with Gasteiger partial charge in [0, 0.05) is 30.6 Å². The van der Waals surface area contributed by atoms with Crippen LogP contribution in [0.15, 0.2) is 277 Å². The van der Waals surface area contributed by atoms with Gasteiger partial charge in [0.1, 0.15) is 12.1 Å². The van der Waals surface area contributed by atoms with E-state index in [1.165, 1.54) is 30.9 Å². The SMILES string of the molecule is C.O=C(NC(CCCc1ccccc1)CCCc1ccccc1)C1Cc2ccccc2CN1S(=O)(=O)c1ccc(-c2ccccc2)cc1.O=C(NC(CCCc1ccccc1)CCCc1ccccc1)C1Cc2ccccc2CN1S(=O)(=O)c1cccc2ccccc12. The standard InChI is InChI=1S/C41H42N2O3S.C39H40N2O3S.CH4/c44-41(42-38(24-12-18-32-14-4-1-5-15-32)25-13-19-33-16-6-2-7-17-33)40-30-36-22-10-11-23-37(36)31-43(40)47(45,46)39-28-26-35(27-29-39)34-20-8-3-9-21-34;42-39(40-35(24-11-18-30-14-3-1-4-15-30)25-12-19-31-16-5-2-6-17-31)37-28-33-21-7-8-22-34(33)29-41(37)45(43,44)38-27-13-23-32-20-9-10-26-36(32)38;/h1-11,14-17,20-23,26-29,38,40H,12-13,18-19,24-25,30-31H2,(H,42,44);1-10,13-17,20-23,26-27,35,37H,11-12,18-19,24-25,28-29H2,(H,40,42);1H4. The molecule has 2 aliphatic heterocycles. The van der Waals surface area contributed by atoms with E-state index in [9.17, 15) is 26.4 Å². The fourth-order valence-corrected chi connectivity index (χ4v) is 16.4. The molecule has 2 aliphatic rings. The molecular weight excluding hydrogens is 1190 g/mol. The summed E-state index contributed by atoms with van der Waals surface area (Å²) in [6.07, 6.45) is 11.5. The Hall–Kier alpha value is -8.78. The predicted octanol–water partition coefficient (Wildman–Crippen LogP) is 16.1. The molecule has 0 fully saturated rings. The van der Waals surface area contributed by atoms with Crippen molar-refractivity contribution in [2.24, 2.45) is 0 Å². The normalized spacial score (nSPS) is 14.9. The van der Waals surface area contributed by atoms with Crippen molar-refractivity contribution in [2.75, 3.05) is 0 Å². The number of nitrogens with one attached hydrogen (secondary N) is 2. The summed E-state index contributed by atoms with van der Waals surface area (Å²) in [5.41, 5.74) is 11.0. The molecule has 2 atom stereocenters. The Balaban J connectivity index is 0.000000201. The number of fused-ring (bicyclic) bond motifs is 3. The third-order valence-corrected chi connectivity index (χ3v) is 21.8. The van der Waals surface area contributed by atoms with Gasteiger partial charge >= 0.3 is 0 Å². The molecular formula is C81H86N4O6S2. The van der Waals surface area contributed by atoms with Crippen molar-refractivity contribution >= 4 is 42.6 Å². The van der Waals surface area contributed by atoms with Gasteiger partial charge in [-0.2, -0.15) is 8.61 Å². The number of rotatable bonds is 25. The predicted molar refractivity (Wildman–Crippen MR) is 377 cm³/mol. The van der Waals surface area contributed by atoms with Gasteiger partial charge in [-0.25, -0.2) is 16.8 Å². The molecule has 12 rings (SSSR count). The van der Waals surface area contributed by atoms with E-state index in [2.05, 4.69) is 108 Å². The zero-order valence-corrected chi connectivity index (χ0v) is 53.8. The molecule has 2 N–H and O–H groups in total. The number of carbonyl (C=O) groups excluding carboxylic acids is 2. The van der Waals surface area contributed by atoms with E-state index in [-0.39, 0.29) is 54.2 Å². The third kappa shape index (κ3) is 17.7. The lowest BCUT2D eigenvalue weighted by atomic mass is 9.94. The zero-order chi connectivity index (χ0) is 63.5. The van der Waals surface area contributed by atoms with Crippen LogP contribution in [0.4, 0.5) is 0 Å². The fourth-order valence-electron chi connectivity index (χ4n) is 13.0. The summed E-state index contributed by atoms with van der Waals surface area (Å²) in [4.78, 5) is 28.8. The third-order valence-electron chi connectivity index (χ3n) is 18.1. The van der Waals surface area contributed by atoms with Crippen molar-refractivity contribution in [2.45, 2.75) is 144 Å². The minimum atomic E-state index is -3.99. The van der Waals surface area contributed by atoms with Gasteiger partial charge in [0.2, 0.25) is 31.9 Å². The van der Waals surface area contributed by atoms with E-state index in [0.29, 0.717) is 18.2 Å². The maximum Gasteiger partial charge on any atom is 0.244 e. The largest absolute Gasteiger partial charge is 0.352 e. The summed E-state index contributed by atoms with van der Waals surface area (Å²) in [5.74, 6) is -0.453.